The van der Waals surface area contributed by atoms with Crippen LogP contribution in [0.3, 0.4) is 0 Å². The Kier molecular flexibility index (Phi) is 3.25. The normalized spacial score (nSPS) is 15.7. The summed E-state index contributed by atoms with van der Waals surface area (Å²) in [4.78, 5) is 10.2. The molecule has 0 radical (unpaired) electrons. The lowest BCUT2D eigenvalue weighted by molar-refractivity contribution is 0.306. The quantitative estimate of drug-likeness (QED) is 0.924. The molecule has 1 aliphatic rings. The number of aromatic nitrogens is 2. The van der Waals surface area contributed by atoms with Crippen LogP contribution in [0.4, 0.5) is 5.69 Å². The number of nitrogens with one attached hydrogen (secondary N) is 1. The van der Waals surface area contributed by atoms with Crippen molar-refractivity contribution in [1.82, 2.24) is 9.97 Å². The Labute approximate surface area is 114 Å². The van der Waals surface area contributed by atoms with Gasteiger partial charge in [0.05, 0.1) is 30.8 Å². The van der Waals surface area contributed by atoms with E-state index in [1.165, 1.54) is 0 Å². The van der Waals surface area contributed by atoms with Gasteiger partial charge in [-0.1, -0.05) is 0 Å². The smallest absolute Gasteiger partial charge is 0.142 e. The van der Waals surface area contributed by atoms with Crippen LogP contribution < -0.4 is 9.64 Å². The van der Waals surface area contributed by atoms with E-state index in [9.17, 15) is 4.21 Å². The predicted octanol–water partition coefficient (Wildman–Crippen LogP) is 1.55. The average Bonchev–Trinajstić information content (AvgIpc) is 2.91. The van der Waals surface area contributed by atoms with Crippen LogP contribution in [0.5, 0.6) is 5.75 Å². The monoisotopic (exact) mass is 277 g/mol. The number of benzene rings is 1. The molecule has 1 atom stereocenters. The Morgan fingerprint density at radius 3 is 3.16 bits per heavy atom. The number of nitrogens with zero attached hydrogens (tertiary/aromatic N) is 2. The molecule has 0 saturated heterocycles. The first-order valence-corrected chi connectivity index (χ1v) is 7.62. The van der Waals surface area contributed by atoms with Gasteiger partial charge in [0.1, 0.15) is 12.4 Å². The summed E-state index contributed by atoms with van der Waals surface area (Å²) < 4.78 is 17.2. The summed E-state index contributed by atoms with van der Waals surface area (Å²) in [5, 5.41) is 0. The summed E-state index contributed by atoms with van der Waals surface area (Å²) in [7, 11) is -0.983. The zero-order valence-corrected chi connectivity index (χ0v) is 11.4. The number of hydrogen-bond acceptors (Lipinski definition) is 4. The standard InChI is InChI=1S/C13H15N3O2S/c1-19(17)11-2-3-13-12(6-11)16(4-5-18-13)8-10-7-14-9-15-10/h2-3,6-7,9H,4-5,8H2,1H3,(H,14,15). The highest BCUT2D eigenvalue weighted by Gasteiger charge is 2.19. The van der Waals surface area contributed by atoms with Gasteiger partial charge in [-0.2, -0.15) is 0 Å². The highest BCUT2D eigenvalue weighted by Crippen LogP contribution is 2.33. The Hall–Kier alpha value is -1.82. The Morgan fingerprint density at radius 2 is 2.42 bits per heavy atom. The van der Waals surface area contributed by atoms with Gasteiger partial charge in [0, 0.05) is 28.1 Å². The van der Waals surface area contributed by atoms with Crippen LogP contribution >= 0.6 is 0 Å². The van der Waals surface area contributed by atoms with Crippen molar-refractivity contribution >= 4 is 16.5 Å². The molecule has 1 aliphatic heterocycles. The number of hydrogen-bond donors (Lipinski definition) is 1. The summed E-state index contributed by atoms with van der Waals surface area (Å²) in [6, 6.07) is 5.70. The van der Waals surface area contributed by atoms with E-state index in [4.69, 9.17) is 4.74 Å². The predicted molar refractivity (Wildman–Crippen MR) is 73.9 cm³/mol. The molecular weight excluding hydrogens is 262 g/mol. The summed E-state index contributed by atoms with van der Waals surface area (Å²) >= 11 is 0. The molecule has 6 heteroatoms. The number of H-pyrrole nitrogens is 1. The maximum absolute atomic E-state index is 11.6. The lowest BCUT2D eigenvalue weighted by atomic mass is 10.2. The lowest BCUT2D eigenvalue weighted by Crippen LogP contribution is -2.32. The van der Waals surface area contributed by atoms with Crippen LogP contribution in [0.1, 0.15) is 5.69 Å². The molecular formula is C13H15N3O2S. The molecule has 0 spiro atoms. The number of ether oxygens (including phenoxy) is 1. The van der Waals surface area contributed by atoms with Gasteiger partial charge in [-0.15, -0.1) is 0 Å². The van der Waals surface area contributed by atoms with Gasteiger partial charge >= 0.3 is 0 Å². The fourth-order valence-electron chi connectivity index (χ4n) is 2.17. The minimum absolute atomic E-state index is 0.662. The molecule has 1 unspecified atom stereocenters. The molecule has 0 bridgehead atoms. The first kappa shape index (κ1) is 12.2. The molecule has 0 fully saturated rings. The summed E-state index contributed by atoms with van der Waals surface area (Å²) in [6.07, 6.45) is 5.18. The van der Waals surface area contributed by atoms with Crippen molar-refractivity contribution in [3.05, 3.63) is 36.4 Å². The van der Waals surface area contributed by atoms with Crippen LogP contribution in [0.2, 0.25) is 0 Å². The third-order valence-electron chi connectivity index (χ3n) is 3.14. The second-order valence-electron chi connectivity index (χ2n) is 4.43. The van der Waals surface area contributed by atoms with E-state index in [2.05, 4.69) is 14.9 Å². The molecule has 0 saturated carbocycles. The third kappa shape index (κ3) is 2.49. The van der Waals surface area contributed by atoms with Crippen LogP contribution in [0.15, 0.2) is 35.6 Å². The Balaban J connectivity index is 1.93. The SMILES string of the molecule is CS(=O)c1ccc2c(c1)N(Cc1cnc[nH]1)CCO2. The van der Waals surface area contributed by atoms with E-state index in [-0.39, 0.29) is 0 Å². The Bertz CT molecular complexity index is 598. The zero-order valence-electron chi connectivity index (χ0n) is 10.6. The number of anilines is 1. The van der Waals surface area contributed by atoms with Crippen LogP contribution in [0, 0.1) is 0 Å². The molecule has 2 heterocycles. The van der Waals surface area contributed by atoms with Gasteiger partial charge in [0.25, 0.3) is 0 Å². The summed E-state index contributed by atoms with van der Waals surface area (Å²) in [5.41, 5.74) is 2.05. The number of rotatable bonds is 3. The van der Waals surface area contributed by atoms with Crippen molar-refractivity contribution in [2.45, 2.75) is 11.4 Å². The van der Waals surface area contributed by atoms with E-state index in [0.29, 0.717) is 6.61 Å². The molecule has 19 heavy (non-hydrogen) atoms. The molecule has 5 nitrogen and oxygen atoms in total. The topological polar surface area (TPSA) is 58.2 Å². The van der Waals surface area contributed by atoms with E-state index in [1.807, 2.05) is 24.4 Å². The number of aromatic amines is 1. The van der Waals surface area contributed by atoms with Gasteiger partial charge in [-0.3, -0.25) is 4.21 Å². The molecule has 100 valence electrons. The molecule has 0 amide bonds. The summed E-state index contributed by atoms with van der Waals surface area (Å²) in [5.74, 6) is 0.847. The largest absolute Gasteiger partial charge is 0.490 e. The molecule has 2 aromatic rings. The molecule has 1 N–H and O–H groups in total. The van der Waals surface area contributed by atoms with Crippen LogP contribution in [-0.2, 0) is 17.3 Å². The van der Waals surface area contributed by atoms with E-state index in [1.54, 1.807) is 12.6 Å². The van der Waals surface area contributed by atoms with Crippen molar-refractivity contribution in [3.8, 4) is 5.75 Å². The molecule has 3 rings (SSSR count). The van der Waals surface area contributed by atoms with Gasteiger partial charge in [0.2, 0.25) is 0 Å². The second kappa shape index (κ2) is 5.05. The Morgan fingerprint density at radius 1 is 1.53 bits per heavy atom. The van der Waals surface area contributed by atoms with Crippen LogP contribution in [-0.4, -0.2) is 33.6 Å². The zero-order chi connectivity index (χ0) is 13.2. The minimum atomic E-state index is -0.983. The van der Waals surface area contributed by atoms with Gasteiger partial charge in [-0.05, 0) is 18.2 Å². The highest BCUT2D eigenvalue weighted by molar-refractivity contribution is 7.84. The van der Waals surface area contributed by atoms with Gasteiger partial charge in [-0.25, -0.2) is 4.98 Å². The van der Waals surface area contributed by atoms with Crippen molar-refractivity contribution in [1.29, 1.82) is 0 Å². The number of imidazole rings is 1. The molecule has 1 aromatic carbocycles. The maximum atomic E-state index is 11.6. The fourth-order valence-corrected chi connectivity index (χ4v) is 2.71. The van der Waals surface area contributed by atoms with Crippen molar-refractivity contribution in [2.75, 3.05) is 24.3 Å². The van der Waals surface area contributed by atoms with E-state index in [0.717, 1.165) is 35.1 Å². The van der Waals surface area contributed by atoms with Gasteiger partial charge < -0.3 is 14.6 Å². The first-order valence-electron chi connectivity index (χ1n) is 6.06. The highest BCUT2D eigenvalue weighted by atomic mass is 32.2. The van der Waals surface area contributed by atoms with E-state index >= 15 is 0 Å². The van der Waals surface area contributed by atoms with Crippen LogP contribution in [0.25, 0.3) is 0 Å². The number of fused-ring (bicyclic) bond motifs is 1. The van der Waals surface area contributed by atoms with E-state index < -0.39 is 10.8 Å². The van der Waals surface area contributed by atoms with Crippen molar-refractivity contribution in [2.24, 2.45) is 0 Å². The molecule has 1 aromatic heterocycles. The third-order valence-corrected chi connectivity index (χ3v) is 4.06. The average molecular weight is 277 g/mol. The lowest BCUT2D eigenvalue weighted by Gasteiger charge is -2.31. The minimum Gasteiger partial charge on any atom is -0.490 e. The molecule has 0 aliphatic carbocycles. The maximum Gasteiger partial charge on any atom is 0.142 e. The summed E-state index contributed by atoms with van der Waals surface area (Å²) in [6.45, 7) is 2.22. The fraction of sp³-hybridized carbons (Fsp3) is 0.308. The van der Waals surface area contributed by atoms with Crippen molar-refractivity contribution in [3.63, 3.8) is 0 Å². The van der Waals surface area contributed by atoms with Gasteiger partial charge in [0.15, 0.2) is 0 Å². The second-order valence-corrected chi connectivity index (χ2v) is 5.81. The first-order chi connectivity index (χ1) is 9.24. The van der Waals surface area contributed by atoms with Crippen molar-refractivity contribution < 1.29 is 8.95 Å².